The van der Waals surface area contributed by atoms with Gasteiger partial charge in [-0.3, -0.25) is 0 Å². The van der Waals surface area contributed by atoms with Gasteiger partial charge in [0.05, 0.1) is 11.1 Å². The van der Waals surface area contributed by atoms with E-state index in [-0.39, 0.29) is 6.04 Å². The molecule has 0 saturated carbocycles. The zero-order valence-electron chi connectivity index (χ0n) is 10.7. The van der Waals surface area contributed by atoms with Crippen LogP contribution in [0.3, 0.4) is 0 Å². The van der Waals surface area contributed by atoms with Crippen LogP contribution in [0.15, 0.2) is 65.1 Å². The molecule has 1 atom stereocenters. The topological polar surface area (TPSA) is 26.0 Å². The van der Waals surface area contributed by atoms with Crippen molar-refractivity contribution in [3.63, 3.8) is 0 Å². The number of hydrogen-bond donors (Lipinski definition) is 1. The molecular weight excluding hydrogens is 334 g/mol. The summed E-state index contributed by atoms with van der Waals surface area (Å²) in [6.45, 7) is 0. The summed E-state index contributed by atoms with van der Waals surface area (Å²) in [5.41, 5.74) is 8.55. The minimum absolute atomic E-state index is 0.188. The van der Waals surface area contributed by atoms with Gasteiger partial charge in [0.15, 0.2) is 0 Å². The van der Waals surface area contributed by atoms with Gasteiger partial charge in [0, 0.05) is 4.47 Å². The minimum Gasteiger partial charge on any atom is -0.320 e. The second-order valence-electron chi connectivity index (χ2n) is 4.72. The third-order valence-electron chi connectivity index (χ3n) is 3.46. The molecular formula is C17H13BrClN. The second-order valence-corrected chi connectivity index (χ2v) is 5.98. The monoisotopic (exact) mass is 345 g/mol. The molecule has 3 rings (SSSR count). The third kappa shape index (κ3) is 2.47. The van der Waals surface area contributed by atoms with Crippen LogP contribution in [0.5, 0.6) is 0 Å². The molecule has 1 unspecified atom stereocenters. The number of fused-ring (bicyclic) bond motifs is 1. The molecule has 1 nitrogen and oxygen atoms in total. The first-order valence-corrected chi connectivity index (χ1v) is 7.52. The quantitative estimate of drug-likeness (QED) is 0.669. The largest absolute Gasteiger partial charge is 0.320 e. The first kappa shape index (κ1) is 13.6. The summed E-state index contributed by atoms with van der Waals surface area (Å²) < 4.78 is 0.882. The van der Waals surface area contributed by atoms with Crippen molar-refractivity contribution in [1.29, 1.82) is 0 Å². The number of halogens is 2. The molecule has 0 aliphatic rings. The van der Waals surface area contributed by atoms with Gasteiger partial charge >= 0.3 is 0 Å². The molecule has 100 valence electrons. The Morgan fingerprint density at radius 1 is 0.950 bits per heavy atom. The van der Waals surface area contributed by atoms with Crippen molar-refractivity contribution < 1.29 is 0 Å². The van der Waals surface area contributed by atoms with Crippen molar-refractivity contribution in [1.82, 2.24) is 0 Å². The van der Waals surface area contributed by atoms with Gasteiger partial charge in [-0.05, 0) is 50.0 Å². The molecule has 0 amide bonds. The summed E-state index contributed by atoms with van der Waals surface area (Å²) in [7, 11) is 0. The summed E-state index contributed by atoms with van der Waals surface area (Å²) in [4.78, 5) is 0. The fourth-order valence-corrected chi connectivity index (χ4v) is 2.84. The lowest BCUT2D eigenvalue weighted by molar-refractivity contribution is 0.880. The van der Waals surface area contributed by atoms with Crippen LogP contribution in [0.25, 0.3) is 10.8 Å². The molecule has 0 spiro atoms. The smallest absolute Gasteiger partial charge is 0.0558 e. The lowest BCUT2D eigenvalue weighted by Gasteiger charge is -2.16. The zero-order valence-corrected chi connectivity index (χ0v) is 13.0. The average molecular weight is 347 g/mol. The van der Waals surface area contributed by atoms with Gasteiger partial charge in [-0.1, -0.05) is 60.1 Å². The Balaban J connectivity index is 2.12. The van der Waals surface area contributed by atoms with E-state index in [2.05, 4.69) is 40.2 Å². The molecule has 0 aliphatic carbocycles. The van der Waals surface area contributed by atoms with E-state index in [9.17, 15) is 0 Å². The molecule has 3 aromatic rings. The Bertz CT molecular complexity index is 765. The summed E-state index contributed by atoms with van der Waals surface area (Å²) >= 11 is 9.56. The van der Waals surface area contributed by atoms with Crippen LogP contribution in [0.2, 0.25) is 5.02 Å². The van der Waals surface area contributed by atoms with Crippen LogP contribution in [0.4, 0.5) is 0 Å². The van der Waals surface area contributed by atoms with Gasteiger partial charge < -0.3 is 5.73 Å². The van der Waals surface area contributed by atoms with Crippen molar-refractivity contribution in [2.75, 3.05) is 0 Å². The first-order chi connectivity index (χ1) is 9.66. The Hall–Kier alpha value is -1.35. The average Bonchev–Trinajstić information content (AvgIpc) is 2.49. The van der Waals surface area contributed by atoms with E-state index in [1.807, 2.05) is 36.4 Å². The van der Waals surface area contributed by atoms with E-state index < -0.39 is 0 Å². The predicted octanol–water partition coefficient (Wildman–Crippen LogP) is 5.30. The Kier molecular flexibility index (Phi) is 3.79. The normalized spacial score (nSPS) is 12.6. The van der Waals surface area contributed by atoms with Crippen molar-refractivity contribution in [3.8, 4) is 0 Å². The highest BCUT2D eigenvalue weighted by molar-refractivity contribution is 9.10. The predicted molar refractivity (Wildman–Crippen MR) is 89.1 cm³/mol. The SMILES string of the molecule is NC(c1ccc(Br)c(Cl)c1)c1cccc2ccccc12. The maximum atomic E-state index is 6.43. The zero-order chi connectivity index (χ0) is 14.1. The fraction of sp³-hybridized carbons (Fsp3) is 0.0588. The second kappa shape index (κ2) is 5.57. The molecule has 3 aromatic carbocycles. The lowest BCUT2D eigenvalue weighted by Crippen LogP contribution is -2.12. The Labute approximate surface area is 131 Å². The van der Waals surface area contributed by atoms with Gasteiger partial charge in [0.1, 0.15) is 0 Å². The number of nitrogens with two attached hydrogens (primary N) is 1. The van der Waals surface area contributed by atoms with E-state index in [0.717, 1.165) is 15.6 Å². The van der Waals surface area contributed by atoms with E-state index in [0.29, 0.717) is 5.02 Å². The molecule has 0 heterocycles. The Morgan fingerprint density at radius 2 is 1.70 bits per heavy atom. The van der Waals surface area contributed by atoms with Crippen molar-refractivity contribution in [2.45, 2.75) is 6.04 Å². The van der Waals surface area contributed by atoms with Crippen LogP contribution < -0.4 is 5.73 Å². The molecule has 0 aromatic heterocycles. The number of benzene rings is 3. The van der Waals surface area contributed by atoms with E-state index >= 15 is 0 Å². The van der Waals surface area contributed by atoms with Crippen LogP contribution >= 0.6 is 27.5 Å². The number of rotatable bonds is 2. The highest BCUT2D eigenvalue weighted by atomic mass is 79.9. The van der Waals surface area contributed by atoms with Crippen LogP contribution in [0, 0.1) is 0 Å². The van der Waals surface area contributed by atoms with E-state index in [4.69, 9.17) is 17.3 Å². The van der Waals surface area contributed by atoms with Crippen LogP contribution in [-0.4, -0.2) is 0 Å². The molecule has 0 bridgehead atoms. The van der Waals surface area contributed by atoms with Gasteiger partial charge in [-0.2, -0.15) is 0 Å². The third-order valence-corrected chi connectivity index (χ3v) is 4.69. The highest BCUT2D eigenvalue weighted by Gasteiger charge is 2.13. The minimum atomic E-state index is -0.188. The molecule has 20 heavy (non-hydrogen) atoms. The molecule has 0 saturated heterocycles. The van der Waals surface area contributed by atoms with Crippen molar-refractivity contribution in [3.05, 3.63) is 81.3 Å². The molecule has 3 heteroatoms. The first-order valence-electron chi connectivity index (χ1n) is 6.35. The standard InChI is InChI=1S/C17H13BrClN/c18-15-9-8-12(10-16(15)19)17(20)14-7-3-5-11-4-1-2-6-13(11)14/h1-10,17H,20H2. The lowest BCUT2D eigenvalue weighted by atomic mass is 9.94. The van der Waals surface area contributed by atoms with Crippen LogP contribution in [0.1, 0.15) is 17.2 Å². The van der Waals surface area contributed by atoms with Crippen molar-refractivity contribution in [2.24, 2.45) is 5.73 Å². The van der Waals surface area contributed by atoms with Crippen molar-refractivity contribution >= 4 is 38.3 Å². The summed E-state index contributed by atoms with van der Waals surface area (Å²) in [6, 6.07) is 20.1. The van der Waals surface area contributed by atoms with Crippen LogP contribution in [-0.2, 0) is 0 Å². The van der Waals surface area contributed by atoms with E-state index in [1.165, 1.54) is 10.8 Å². The number of hydrogen-bond acceptors (Lipinski definition) is 1. The van der Waals surface area contributed by atoms with E-state index in [1.54, 1.807) is 0 Å². The molecule has 2 N–H and O–H groups in total. The molecule has 0 radical (unpaired) electrons. The van der Waals surface area contributed by atoms with Gasteiger partial charge in [0.2, 0.25) is 0 Å². The summed E-state index contributed by atoms with van der Waals surface area (Å²) in [5, 5.41) is 3.06. The van der Waals surface area contributed by atoms with Gasteiger partial charge in [-0.15, -0.1) is 0 Å². The van der Waals surface area contributed by atoms with Gasteiger partial charge in [0.25, 0.3) is 0 Å². The maximum absolute atomic E-state index is 6.43. The highest BCUT2D eigenvalue weighted by Crippen LogP contribution is 2.31. The Morgan fingerprint density at radius 3 is 2.50 bits per heavy atom. The fourth-order valence-electron chi connectivity index (χ4n) is 2.41. The summed E-state index contributed by atoms with van der Waals surface area (Å²) in [5.74, 6) is 0. The maximum Gasteiger partial charge on any atom is 0.0558 e. The molecule has 0 fully saturated rings. The van der Waals surface area contributed by atoms with Gasteiger partial charge in [-0.25, -0.2) is 0 Å². The molecule has 0 aliphatic heterocycles. The summed E-state index contributed by atoms with van der Waals surface area (Å²) in [6.07, 6.45) is 0.